The number of carboxylic acids is 1. The quantitative estimate of drug-likeness (QED) is 0.721. The van der Waals surface area contributed by atoms with Crippen LogP contribution in [0, 0.1) is 5.92 Å². The van der Waals surface area contributed by atoms with E-state index in [-0.39, 0.29) is 30.8 Å². The number of likely N-dealkylation sites (tertiary alicyclic amines) is 1. The molecule has 0 aliphatic carbocycles. The second-order valence-corrected chi connectivity index (χ2v) is 6.52. The number of methoxy groups -OCH3 is 1. The van der Waals surface area contributed by atoms with Crippen LogP contribution < -0.4 is 5.32 Å². The standard InChI is InChI=1S/C19H26N2O5/c1-26-11-9-16(19(24)25)20-18(23)15-8-5-10-21(13-15)17(22)12-14-6-3-2-4-7-14/h2-4,6-7,15-16H,5,8-13H2,1H3,(H,20,23)(H,24,25). The van der Waals surface area contributed by atoms with E-state index in [1.807, 2.05) is 30.3 Å². The summed E-state index contributed by atoms with van der Waals surface area (Å²) in [4.78, 5) is 37.9. The Labute approximate surface area is 153 Å². The molecule has 2 atom stereocenters. The van der Waals surface area contributed by atoms with Crippen molar-refractivity contribution < 1.29 is 24.2 Å². The molecule has 2 rings (SSSR count). The first-order valence-corrected chi connectivity index (χ1v) is 8.85. The van der Waals surface area contributed by atoms with Crippen molar-refractivity contribution in [1.29, 1.82) is 0 Å². The maximum Gasteiger partial charge on any atom is 0.326 e. The Morgan fingerprint density at radius 2 is 2.04 bits per heavy atom. The summed E-state index contributed by atoms with van der Waals surface area (Å²) >= 11 is 0. The molecule has 1 aromatic carbocycles. The highest BCUT2D eigenvalue weighted by Crippen LogP contribution is 2.18. The van der Waals surface area contributed by atoms with E-state index in [1.54, 1.807) is 4.90 Å². The smallest absolute Gasteiger partial charge is 0.326 e. The number of amides is 2. The van der Waals surface area contributed by atoms with Crippen LogP contribution in [0.25, 0.3) is 0 Å². The molecule has 7 heteroatoms. The zero-order chi connectivity index (χ0) is 18.9. The molecule has 2 N–H and O–H groups in total. The molecule has 1 aliphatic heterocycles. The highest BCUT2D eigenvalue weighted by Gasteiger charge is 2.30. The van der Waals surface area contributed by atoms with Crippen molar-refractivity contribution in [3.05, 3.63) is 35.9 Å². The third kappa shape index (κ3) is 5.84. The van der Waals surface area contributed by atoms with Crippen LogP contribution in [0.15, 0.2) is 30.3 Å². The molecular formula is C19H26N2O5. The van der Waals surface area contributed by atoms with Crippen molar-refractivity contribution >= 4 is 17.8 Å². The summed E-state index contributed by atoms with van der Waals surface area (Å²) in [6.07, 6.45) is 1.90. The minimum atomic E-state index is -1.08. The van der Waals surface area contributed by atoms with Crippen molar-refractivity contribution in [2.75, 3.05) is 26.8 Å². The van der Waals surface area contributed by atoms with E-state index in [9.17, 15) is 19.5 Å². The van der Waals surface area contributed by atoms with E-state index in [0.29, 0.717) is 25.9 Å². The molecule has 0 bridgehead atoms. The first-order chi connectivity index (χ1) is 12.5. The van der Waals surface area contributed by atoms with Crippen LogP contribution in [0.5, 0.6) is 0 Å². The minimum absolute atomic E-state index is 0.0112. The van der Waals surface area contributed by atoms with Gasteiger partial charge in [-0.1, -0.05) is 30.3 Å². The Morgan fingerprint density at radius 3 is 2.69 bits per heavy atom. The predicted octanol–water partition coefficient (Wildman–Crippen LogP) is 1.07. The van der Waals surface area contributed by atoms with E-state index in [0.717, 1.165) is 12.0 Å². The Hall–Kier alpha value is -2.41. The number of carbonyl (C=O) groups is 3. The van der Waals surface area contributed by atoms with Crippen LogP contribution in [0.1, 0.15) is 24.8 Å². The summed E-state index contributed by atoms with van der Waals surface area (Å²) < 4.78 is 4.89. The van der Waals surface area contributed by atoms with Gasteiger partial charge in [0.15, 0.2) is 0 Å². The van der Waals surface area contributed by atoms with Gasteiger partial charge in [0.05, 0.1) is 12.3 Å². The highest BCUT2D eigenvalue weighted by atomic mass is 16.5. The van der Waals surface area contributed by atoms with E-state index in [1.165, 1.54) is 7.11 Å². The van der Waals surface area contributed by atoms with Crippen molar-refractivity contribution in [1.82, 2.24) is 10.2 Å². The average Bonchev–Trinajstić information content (AvgIpc) is 2.65. The normalized spacial score (nSPS) is 18.2. The molecule has 1 heterocycles. The number of hydrogen-bond donors (Lipinski definition) is 2. The number of aliphatic carboxylic acids is 1. The molecule has 1 saturated heterocycles. The zero-order valence-corrected chi connectivity index (χ0v) is 15.0. The molecule has 7 nitrogen and oxygen atoms in total. The molecule has 142 valence electrons. The number of nitrogens with zero attached hydrogens (tertiary/aromatic N) is 1. The maximum absolute atomic E-state index is 12.5. The van der Waals surface area contributed by atoms with Gasteiger partial charge in [-0.05, 0) is 18.4 Å². The van der Waals surface area contributed by atoms with E-state index >= 15 is 0 Å². The Balaban J connectivity index is 1.90. The predicted molar refractivity (Wildman–Crippen MR) is 95.5 cm³/mol. The monoisotopic (exact) mass is 362 g/mol. The van der Waals surface area contributed by atoms with E-state index in [2.05, 4.69) is 5.32 Å². The van der Waals surface area contributed by atoms with Crippen molar-refractivity contribution in [3.8, 4) is 0 Å². The third-order valence-electron chi connectivity index (χ3n) is 4.57. The van der Waals surface area contributed by atoms with E-state index < -0.39 is 12.0 Å². The summed E-state index contributed by atoms with van der Waals surface area (Å²) in [5.41, 5.74) is 0.939. The first-order valence-electron chi connectivity index (χ1n) is 8.85. The molecule has 2 unspecified atom stereocenters. The lowest BCUT2D eigenvalue weighted by Crippen LogP contribution is -2.49. The molecular weight excluding hydrogens is 336 g/mol. The van der Waals surface area contributed by atoms with Crippen LogP contribution in [0.4, 0.5) is 0 Å². The summed E-state index contributed by atoms with van der Waals surface area (Å²) in [5.74, 6) is -1.79. The van der Waals surface area contributed by atoms with Crippen LogP contribution in [-0.4, -0.2) is 60.6 Å². The topological polar surface area (TPSA) is 95.9 Å². The van der Waals surface area contributed by atoms with Crippen molar-refractivity contribution in [3.63, 3.8) is 0 Å². The Bertz CT molecular complexity index is 620. The largest absolute Gasteiger partial charge is 0.480 e. The van der Waals surface area contributed by atoms with E-state index in [4.69, 9.17) is 4.74 Å². The van der Waals surface area contributed by atoms with Crippen LogP contribution in [-0.2, 0) is 25.5 Å². The van der Waals surface area contributed by atoms with Gasteiger partial charge in [-0.2, -0.15) is 0 Å². The minimum Gasteiger partial charge on any atom is -0.480 e. The molecule has 26 heavy (non-hydrogen) atoms. The van der Waals surface area contributed by atoms with Gasteiger partial charge >= 0.3 is 5.97 Å². The van der Waals surface area contributed by atoms with Gasteiger partial charge in [0.2, 0.25) is 11.8 Å². The summed E-state index contributed by atoms with van der Waals surface area (Å²) in [5, 5.41) is 11.8. The molecule has 0 radical (unpaired) electrons. The van der Waals surface area contributed by atoms with Gasteiger partial charge < -0.3 is 20.1 Å². The van der Waals surface area contributed by atoms with Gasteiger partial charge in [0.1, 0.15) is 6.04 Å². The summed E-state index contributed by atoms with van der Waals surface area (Å²) in [7, 11) is 1.48. The number of ether oxygens (including phenoxy) is 1. The van der Waals surface area contributed by atoms with Gasteiger partial charge in [0, 0.05) is 33.2 Å². The van der Waals surface area contributed by atoms with Crippen LogP contribution >= 0.6 is 0 Å². The SMILES string of the molecule is COCCC(NC(=O)C1CCCN(C(=O)Cc2ccccc2)C1)C(=O)O. The van der Waals surface area contributed by atoms with Crippen LogP contribution in [0.2, 0.25) is 0 Å². The average molecular weight is 362 g/mol. The van der Waals surface area contributed by atoms with Gasteiger partial charge in [-0.25, -0.2) is 4.79 Å². The number of benzene rings is 1. The number of carbonyl (C=O) groups excluding carboxylic acids is 2. The third-order valence-corrected chi connectivity index (χ3v) is 4.57. The van der Waals surface area contributed by atoms with Crippen molar-refractivity contribution in [2.24, 2.45) is 5.92 Å². The molecule has 0 spiro atoms. The zero-order valence-electron chi connectivity index (χ0n) is 15.0. The molecule has 1 fully saturated rings. The fraction of sp³-hybridized carbons (Fsp3) is 0.526. The highest BCUT2D eigenvalue weighted by molar-refractivity contribution is 5.86. The van der Waals surface area contributed by atoms with Crippen LogP contribution in [0.3, 0.4) is 0 Å². The fourth-order valence-corrected chi connectivity index (χ4v) is 3.08. The second-order valence-electron chi connectivity index (χ2n) is 6.52. The van der Waals surface area contributed by atoms with Gasteiger partial charge in [-0.15, -0.1) is 0 Å². The van der Waals surface area contributed by atoms with Gasteiger partial charge in [0.25, 0.3) is 0 Å². The lowest BCUT2D eigenvalue weighted by Gasteiger charge is -2.32. The lowest BCUT2D eigenvalue weighted by molar-refractivity contribution is -0.144. The molecule has 2 amide bonds. The van der Waals surface area contributed by atoms with Gasteiger partial charge in [-0.3, -0.25) is 9.59 Å². The summed E-state index contributed by atoms with van der Waals surface area (Å²) in [6, 6.07) is 8.51. The Morgan fingerprint density at radius 1 is 1.31 bits per heavy atom. The number of hydrogen-bond acceptors (Lipinski definition) is 4. The Kier molecular flexibility index (Phi) is 7.59. The molecule has 1 aromatic rings. The molecule has 1 aliphatic rings. The number of rotatable bonds is 8. The maximum atomic E-state index is 12.5. The lowest BCUT2D eigenvalue weighted by atomic mass is 9.96. The first kappa shape index (κ1) is 19.9. The van der Waals surface area contributed by atoms with Crippen molar-refractivity contribution in [2.45, 2.75) is 31.7 Å². The number of piperidine rings is 1. The second kappa shape index (κ2) is 9.91. The number of nitrogens with one attached hydrogen (secondary N) is 1. The fourth-order valence-electron chi connectivity index (χ4n) is 3.08. The molecule has 0 aromatic heterocycles. The summed E-state index contributed by atoms with van der Waals surface area (Å²) in [6.45, 7) is 1.21. The molecule has 0 saturated carbocycles. The number of carboxylic acid groups (broad SMARTS) is 1.